The average Bonchev–Trinajstić information content (AvgIpc) is 2.50. The molecule has 1 heterocycles. The van der Waals surface area contributed by atoms with Gasteiger partial charge in [0.1, 0.15) is 24.4 Å². The average molecular weight is 586 g/mol. The third kappa shape index (κ3) is 6.96. The predicted molar refractivity (Wildman–Crippen MR) is 83.4 cm³/mol. The first-order valence-electron chi connectivity index (χ1n) is 6.73. The fraction of sp³-hybridized carbons (Fsp3) is 0.833. The minimum absolute atomic E-state index is 0. The van der Waals surface area contributed by atoms with Gasteiger partial charge in [0.2, 0.25) is 4.87 Å². The Morgan fingerprint density at radius 1 is 1.04 bits per heavy atom. The van der Waals surface area contributed by atoms with Gasteiger partial charge in [-0.15, -0.1) is 0 Å². The Labute approximate surface area is 168 Å². The summed E-state index contributed by atoms with van der Waals surface area (Å²) in [6.07, 6.45) is -7.75. The molecule has 10 N–H and O–H groups in total. The van der Waals surface area contributed by atoms with E-state index in [9.17, 15) is 24.9 Å². The van der Waals surface area contributed by atoms with Crippen LogP contribution >= 0.6 is 11.6 Å². The van der Waals surface area contributed by atoms with E-state index in [-0.39, 0.29) is 46.4 Å². The van der Waals surface area contributed by atoms with Crippen molar-refractivity contribution >= 4 is 23.5 Å². The molecule has 0 spiro atoms. The molecule has 1 fully saturated rings. The van der Waals surface area contributed by atoms with Crippen molar-refractivity contribution in [1.29, 1.82) is 0 Å². The topological polar surface area (TPSA) is 241 Å². The van der Waals surface area contributed by atoms with Crippen LogP contribution in [0.4, 0.5) is 0 Å². The van der Waals surface area contributed by atoms with Gasteiger partial charge in [0.25, 0.3) is 0 Å². The zero-order chi connectivity index (χ0) is 17.8. The fourth-order valence-corrected chi connectivity index (χ4v) is 2.16. The fourth-order valence-electron chi connectivity index (χ4n) is 2.03. The van der Waals surface area contributed by atoms with Gasteiger partial charge in [0.15, 0.2) is 6.29 Å². The number of rotatable bonds is 8. The number of hydrogen-bond acceptors (Lipinski definition) is 8. The second-order valence-electron chi connectivity index (χ2n) is 5.08. The van der Waals surface area contributed by atoms with Crippen molar-refractivity contribution in [2.45, 2.75) is 48.4 Å². The number of nitrogens with two attached hydrogens (primary N) is 2. The summed E-state index contributed by atoms with van der Waals surface area (Å²) in [5.41, 5.74) is 0. The molecule has 12 nitrogen and oxygen atoms in total. The van der Waals surface area contributed by atoms with Crippen LogP contribution in [0, 0.1) is 0 Å². The summed E-state index contributed by atoms with van der Waals surface area (Å²) in [6.45, 7) is -0.842. The third-order valence-electron chi connectivity index (χ3n) is 3.47. The van der Waals surface area contributed by atoms with E-state index in [0.29, 0.717) is 0 Å². The van der Waals surface area contributed by atoms with Gasteiger partial charge in [-0.05, 0) is 12.8 Å². The van der Waals surface area contributed by atoms with Gasteiger partial charge in [-0.2, -0.15) is 0 Å². The minimum Gasteiger partial charge on any atom is -0.693 e. The molecule has 0 aromatic heterocycles. The van der Waals surface area contributed by atoms with Crippen molar-refractivity contribution in [3.8, 4) is 0 Å². The van der Waals surface area contributed by atoms with Crippen LogP contribution in [0.1, 0.15) is 12.8 Å². The van der Waals surface area contributed by atoms with Crippen molar-refractivity contribution in [2.75, 3.05) is 13.2 Å². The maximum Gasteiger partial charge on any atom is 2.00 e. The van der Waals surface area contributed by atoms with Crippen LogP contribution in [-0.4, -0.2) is 91.4 Å². The maximum absolute atomic E-state index is 10.9. The number of alkyl halides is 1. The van der Waals surface area contributed by atoms with Gasteiger partial charge in [0, 0.05) is 6.61 Å². The van der Waals surface area contributed by atoms with E-state index < -0.39 is 60.5 Å². The van der Waals surface area contributed by atoms with Crippen LogP contribution in [0.25, 0.3) is 12.3 Å². The second-order valence-corrected chi connectivity index (χ2v) is 5.73. The molecule has 0 bridgehead atoms. The number of aliphatic hydroxyl groups is 4. The molecule has 1 unspecified atom stereocenters. The summed E-state index contributed by atoms with van der Waals surface area (Å²) in [5.74, 6) is -3.42. The van der Waals surface area contributed by atoms with Gasteiger partial charge in [-0.25, -0.2) is 9.59 Å². The SMILES string of the molecule is O=C(O)C(Cl)(CCCOC1O[C@H](CO)[C@@H](O)[C@H](O)[C@H]1O)C(=O)O.[NH2-].[NH2-].[Pt+2]. The number of aliphatic carboxylic acids is 2. The summed E-state index contributed by atoms with van der Waals surface area (Å²) in [5, 5.41) is 55.5. The summed E-state index contributed by atoms with van der Waals surface area (Å²) in [4.78, 5) is 19.2. The number of halogens is 1. The molecule has 1 rings (SSSR count). The molecule has 0 saturated carbocycles. The van der Waals surface area contributed by atoms with E-state index in [1.54, 1.807) is 0 Å². The zero-order valence-corrected chi connectivity index (χ0v) is 16.4. The van der Waals surface area contributed by atoms with Crippen LogP contribution in [0.2, 0.25) is 0 Å². The van der Waals surface area contributed by atoms with Crippen molar-refractivity contribution < 1.29 is 70.8 Å². The molecule has 26 heavy (non-hydrogen) atoms. The maximum atomic E-state index is 10.9. The van der Waals surface area contributed by atoms with E-state index in [1.807, 2.05) is 0 Å². The number of hydrogen-bond donors (Lipinski definition) is 6. The molecule has 0 aliphatic carbocycles. The summed E-state index contributed by atoms with van der Waals surface area (Å²) < 4.78 is 10.2. The Balaban J connectivity index is -0.00000176. The number of aliphatic hydroxyl groups excluding tert-OH is 4. The Kier molecular flexibility index (Phi) is 15.0. The first kappa shape index (κ1) is 30.3. The van der Waals surface area contributed by atoms with Crippen molar-refractivity contribution in [2.24, 2.45) is 0 Å². The molecule has 14 heteroatoms. The van der Waals surface area contributed by atoms with Gasteiger partial charge >= 0.3 is 33.0 Å². The molecule has 5 atom stereocenters. The standard InChI is InChI=1S/C12H19ClO10.2H2N.Pt/c13-12(10(18)19,11(20)21)2-1-3-22-9-8(17)7(16)6(15)5(4-14)23-9;;;/h5-9,14-17H,1-4H2,(H,18,19)(H,20,21);2*1H2;/q;2*-1;+2/t5-,6-,7+,8-,9?;;;/m1.../s1. The molecule has 0 amide bonds. The normalized spacial score (nSPS) is 28.1. The molecule has 0 aromatic rings. The quantitative estimate of drug-likeness (QED) is 0.117. The van der Waals surface area contributed by atoms with E-state index in [2.05, 4.69) is 0 Å². The first-order chi connectivity index (χ1) is 10.6. The number of ether oxygens (including phenoxy) is 2. The molecule has 158 valence electrons. The van der Waals surface area contributed by atoms with Crippen molar-refractivity contribution in [3.05, 3.63) is 12.3 Å². The monoisotopic (exact) mass is 585 g/mol. The summed E-state index contributed by atoms with van der Waals surface area (Å²) in [7, 11) is 0. The van der Waals surface area contributed by atoms with Crippen LogP contribution in [0.15, 0.2) is 0 Å². The molecule has 1 aliphatic heterocycles. The molecule has 0 aromatic carbocycles. The van der Waals surface area contributed by atoms with Gasteiger partial charge in [-0.1, -0.05) is 11.6 Å². The van der Waals surface area contributed by atoms with Gasteiger partial charge in [0.05, 0.1) is 6.61 Å². The molecule has 1 aliphatic rings. The van der Waals surface area contributed by atoms with E-state index in [4.69, 9.17) is 36.4 Å². The summed E-state index contributed by atoms with van der Waals surface area (Å²) in [6, 6.07) is 0. The van der Waals surface area contributed by atoms with Crippen molar-refractivity contribution in [3.63, 3.8) is 0 Å². The Morgan fingerprint density at radius 3 is 1.96 bits per heavy atom. The van der Waals surface area contributed by atoms with Crippen LogP contribution < -0.4 is 0 Å². The van der Waals surface area contributed by atoms with Gasteiger partial charge in [-0.3, -0.25) is 0 Å². The van der Waals surface area contributed by atoms with Crippen LogP contribution in [0.3, 0.4) is 0 Å². The van der Waals surface area contributed by atoms with Crippen LogP contribution in [0.5, 0.6) is 0 Å². The number of carbonyl (C=O) groups is 2. The van der Waals surface area contributed by atoms with E-state index in [1.165, 1.54) is 0 Å². The van der Waals surface area contributed by atoms with Crippen molar-refractivity contribution in [1.82, 2.24) is 0 Å². The molecular weight excluding hydrogens is 563 g/mol. The largest absolute Gasteiger partial charge is 2.00 e. The Morgan fingerprint density at radius 2 is 1.54 bits per heavy atom. The van der Waals surface area contributed by atoms with E-state index in [0.717, 1.165) is 0 Å². The number of carboxylic acids is 2. The Bertz CT molecular complexity index is 430. The minimum atomic E-state index is -2.49. The smallest absolute Gasteiger partial charge is 0.693 e. The predicted octanol–water partition coefficient (Wildman–Crippen LogP) is -0.838. The van der Waals surface area contributed by atoms with E-state index >= 15 is 0 Å². The summed E-state index contributed by atoms with van der Waals surface area (Å²) >= 11 is 5.51. The second kappa shape index (κ2) is 12.9. The zero-order valence-electron chi connectivity index (χ0n) is 13.4. The molecule has 1 saturated heterocycles. The molecule has 0 radical (unpaired) electrons. The van der Waals surface area contributed by atoms with Crippen LogP contribution in [-0.2, 0) is 40.1 Å². The molecular formula is C12H23ClN2O10Pt. The first-order valence-corrected chi connectivity index (χ1v) is 7.10. The Hall–Kier alpha value is -0.402. The van der Waals surface area contributed by atoms with Gasteiger partial charge < -0.3 is 52.4 Å². The number of carboxylic acid groups (broad SMARTS) is 2. The third-order valence-corrected chi connectivity index (χ3v) is 3.99.